The molecule has 0 fully saturated rings. The van der Waals surface area contributed by atoms with Crippen LogP contribution in [-0.2, 0) is 11.4 Å². The van der Waals surface area contributed by atoms with Gasteiger partial charge in [-0.25, -0.2) is 18.2 Å². The second-order valence-corrected chi connectivity index (χ2v) is 6.75. The maximum absolute atomic E-state index is 13.5. The topological polar surface area (TPSA) is 79.9 Å². The molecule has 0 unspecified atom stereocenters. The van der Waals surface area contributed by atoms with Gasteiger partial charge in [0.1, 0.15) is 12.4 Å². The molecule has 0 aliphatic carbocycles. The molecule has 3 aromatic rings. The summed E-state index contributed by atoms with van der Waals surface area (Å²) in [5, 5.41) is 9.62. The number of halogens is 4. The second kappa shape index (κ2) is 8.98. The Kier molecular flexibility index (Phi) is 6.42. The predicted molar refractivity (Wildman–Crippen MR) is 97.8 cm³/mol. The summed E-state index contributed by atoms with van der Waals surface area (Å²) in [5.74, 6) is -4.19. The Bertz CT molecular complexity index is 985. The van der Waals surface area contributed by atoms with Crippen LogP contribution in [0, 0.1) is 17.5 Å². The first kappa shape index (κ1) is 20.0. The quantitative estimate of drug-likeness (QED) is 0.436. The van der Waals surface area contributed by atoms with E-state index in [-0.39, 0.29) is 17.5 Å². The zero-order valence-electron chi connectivity index (χ0n) is 14.0. The fourth-order valence-corrected chi connectivity index (χ4v) is 2.77. The van der Waals surface area contributed by atoms with Crippen molar-refractivity contribution in [3.8, 4) is 5.75 Å². The van der Waals surface area contributed by atoms with Crippen molar-refractivity contribution in [2.75, 3.05) is 11.1 Å². The Hall–Kier alpha value is -2.72. The number of rotatable bonds is 7. The van der Waals surface area contributed by atoms with Gasteiger partial charge in [-0.15, -0.1) is 5.10 Å². The van der Waals surface area contributed by atoms with Crippen molar-refractivity contribution in [2.24, 2.45) is 0 Å². The first-order valence-electron chi connectivity index (χ1n) is 7.78. The minimum Gasteiger partial charge on any atom is -0.486 e. The van der Waals surface area contributed by atoms with Crippen LogP contribution in [0.5, 0.6) is 5.75 Å². The molecule has 0 radical (unpaired) electrons. The van der Waals surface area contributed by atoms with Crippen LogP contribution in [-0.4, -0.2) is 26.8 Å². The van der Waals surface area contributed by atoms with Gasteiger partial charge in [0.2, 0.25) is 11.1 Å². The summed E-state index contributed by atoms with van der Waals surface area (Å²) >= 11 is 6.77. The van der Waals surface area contributed by atoms with Crippen molar-refractivity contribution in [2.45, 2.75) is 11.8 Å². The van der Waals surface area contributed by atoms with Gasteiger partial charge in [0.05, 0.1) is 11.4 Å². The third-order valence-corrected chi connectivity index (χ3v) is 4.44. The zero-order chi connectivity index (χ0) is 20.1. The molecule has 0 saturated heterocycles. The lowest BCUT2D eigenvalue weighted by Gasteiger charge is -2.06. The number of nitrogens with one attached hydrogen (secondary N) is 2. The summed E-state index contributed by atoms with van der Waals surface area (Å²) < 4.78 is 45.1. The van der Waals surface area contributed by atoms with Crippen molar-refractivity contribution in [1.82, 2.24) is 15.2 Å². The molecule has 146 valence electrons. The van der Waals surface area contributed by atoms with E-state index in [1.807, 2.05) is 0 Å². The number of carbonyl (C=O) groups is 1. The van der Waals surface area contributed by atoms with Crippen LogP contribution >= 0.6 is 23.4 Å². The molecule has 6 nitrogen and oxygen atoms in total. The molecule has 0 atom stereocenters. The van der Waals surface area contributed by atoms with Crippen molar-refractivity contribution >= 4 is 35.0 Å². The molecule has 2 N–H and O–H groups in total. The average molecular weight is 429 g/mol. The van der Waals surface area contributed by atoms with E-state index < -0.39 is 29.0 Å². The molecule has 28 heavy (non-hydrogen) atoms. The first-order chi connectivity index (χ1) is 13.4. The largest absolute Gasteiger partial charge is 0.486 e. The van der Waals surface area contributed by atoms with Crippen LogP contribution in [0.15, 0.2) is 41.6 Å². The molecular weight excluding hydrogens is 417 g/mol. The molecule has 0 saturated carbocycles. The van der Waals surface area contributed by atoms with Crippen LogP contribution < -0.4 is 10.1 Å². The minimum absolute atomic E-state index is 0.126. The summed E-state index contributed by atoms with van der Waals surface area (Å²) in [5.41, 5.74) is -0.448. The van der Waals surface area contributed by atoms with Gasteiger partial charge in [-0.2, -0.15) is 0 Å². The lowest BCUT2D eigenvalue weighted by molar-refractivity contribution is -0.113. The number of H-pyrrole nitrogens is 1. The summed E-state index contributed by atoms with van der Waals surface area (Å²) in [7, 11) is 0. The molecular formula is C17H12ClF3N4O2S. The van der Waals surface area contributed by atoms with Gasteiger partial charge in [-0.3, -0.25) is 9.89 Å². The van der Waals surface area contributed by atoms with Gasteiger partial charge < -0.3 is 10.1 Å². The molecule has 1 amide bonds. The molecule has 1 heterocycles. The molecule has 0 aliphatic heterocycles. The highest BCUT2D eigenvalue weighted by Gasteiger charge is 2.16. The number of thioether (sulfide) groups is 1. The summed E-state index contributed by atoms with van der Waals surface area (Å²) in [6.07, 6.45) is 0. The number of benzene rings is 2. The number of carbonyl (C=O) groups excluding carboxylic acids is 1. The van der Waals surface area contributed by atoms with Gasteiger partial charge in [0, 0.05) is 5.02 Å². The number of aromatic nitrogens is 3. The molecule has 3 rings (SSSR count). The molecule has 2 aromatic carbocycles. The smallest absolute Gasteiger partial charge is 0.234 e. The van der Waals surface area contributed by atoms with Crippen LogP contribution in [0.1, 0.15) is 5.82 Å². The Labute approximate surface area is 166 Å². The van der Waals surface area contributed by atoms with Gasteiger partial charge in [-0.1, -0.05) is 23.4 Å². The maximum atomic E-state index is 13.5. The average Bonchev–Trinajstić information content (AvgIpc) is 3.14. The molecule has 0 bridgehead atoms. The van der Waals surface area contributed by atoms with Gasteiger partial charge in [-0.05, 0) is 36.4 Å². The molecule has 11 heteroatoms. The number of ether oxygens (including phenoxy) is 1. The predicted octanol–water partition coefficient (Wildman–Crippen LogP) is 4.19. The standard InChI is InChI=1S/C17H12ClF3N4O2S/c18-9-1-3-10(4-2-9)27-7-13-23-17(25-24-13)28-8-14(26)22-12-6-5-11(19)15(20)16(12)21/h1-6H,7-8H2,(H,22,26)(H,23,24,25). The van der Waals surface area contributed by atoms with E-state index in [1.54, 1.807) is 24.3 Å². The first-order valence-corrected chi connectivity index (χ1v) is 9.14. The van der Waals surface area contributed by atoms with E-state index in [9.17, 15) is 18.0 Å². The Morgan fingerprint density at radius 2 is 1.89 bits per heavy atom. The Morgan fingerprint density at radius 3 is 2.64 bits per heavy atom. The van der Waals surface area contributed by atoms with Crippen LogP contribution in [0.4, 0.5) is 18.9 Å². The van der Waals surface area contributed by atoms with Gasteiger partial charge in [0.25, 0.3) is 0 Å². The SMILES string of the molecule is O=C(CSc1n[nH]c(COc2ccc(Cl)cc2)n1)Nc1ccc(F)c(F)c1F. The third-order valence-electron chi connectivity index (χ3n) is 3.34. The lowest BCUT2D eigenvalue weighted by Crippen LogP contribution is -2.16. The van der Waals surface area contributed by atoms with E-state index in [1.165, 1.54) is 0 Å². The minimum atomic E-state index is -1.65. The third kappa shape index (κ3) is 5.17. The number of amides is 1. The van der Waals surface area contributed by atoms with E-state index in [2.05, 4.69) is 20.5 Å². The highest BCUT2D eigenvalue weighted by molar-refractivity contribution is 7.99. The normalized spacial score (nSPS) is 10.7. The fraction of sp³-hybridized carbons (Fsp3) is 0.118. The lowest BCUT2D eigenvalue weighted by atomic mass is 10.3. The summed E-state index contributed by atoms with van der Waals surface area (Å²) in [4.78, 5) is 16.0. The summed E-state index contributed by atoms with van der Waals surface area (Å²) in [6.45, 7) is 0.126. The van der Waals surface area contributed by atoms with Gasteiger partial charge in [0.15, 0.2) is 23.3 Å². The van der Waals surface area contributed by atoms with Crippen LogP contribution in [0.3, 0.4) is 0 Å². The molecule has 0 spiro atoms. The van der Waals surface area contributed by atoms with Crippen molar-refractivity contribution in [3.05, 3.63) is 64.7 Å². The number of nitrogens with zero attached hydrogens (tertiary/aromatic N) is 2. The van der Waals surface area contributed by atoms with Gasteiger partial charge >= 0.3 is 0 Å². The van der Waals surface area contributed by atoms with Crippen molar-refractivity contribution in [3.63, 3.8) is 0 Å². The fourth-order valence-electron chi connectivity index (χ4n) is 2.03. The monoisotopic (exact) mass is 428 g/mol. The van der Waals surface area contributed by atoms with Crippen molar-refractivity contribution in [1.29, 1.82) is 0 Å². The number of hydrogen-bond donors (Lipinski definition) is 2. The number of hydrogen-bond acceptors (Lipinski definition) is 5. The van der Waals surface area contributed by atoms with E-state index in [0.717, 1.165) is 23.9 Å². The highest BCUT2D eigenvalue weighted by Crippen LogP contribution is 2.21. The highest BCUT2D eigenvalue weighted by atomic mass is 35.5. The zero-order valence-corrected chi connectivity index (χ0v) is 15.6. The Morgan fingerprint density at radius 1 is 1.14 bits per heavy atom. The Balaban J connectivity index is 1.49. The van der Waals surface area contributed by atoms with E-state index >= 15 is 0 Å². The number of anilines is 1. The maximum Gasteiger partial charge on any atom is 0.234 e. The van der Waals surface area contributed by atoms with E-state index in [0.29, 0.717) is 16.6 Å². The van der Waals surface area contributed by atoms with Crippen LogP contribution in [0.25, 0.3) is 0 Å². The summed E-state index contributed by atoms with van der Waals surface area (Å²) in [6, 6.07) is 8.45. The van der Waals surface area contributed by atoms with E-state index in [4.69, 9.17) is 16.3 Å². The number of aromatic amines is 1. The molecule has 1 aromatic heterocycles. The van der Waals surface area contributed by atoms with Crippen molar-refractivity contribution < 1.29 is 22.7 Å². The second-order valence-electron chi connectivity index (χ2n) is 5.37. The molecule has 0 aliphatic rings. The van der Waals surface area contributed by atoms with Crippen LogP contribution in [0.2, 0.25) is 5.02 Å².